The van der Waals surface area contributed by atoms with Crippen molar-refractivity contribution in [2.24, 2.45) is 0 Å². The number of rotatable bonds is 13. The van der Waals surface area contributed by atoms with Gasteiger partial charge in [0.1, 0.15) is 0 Å². The van der Waals surface area contributed by atoms with Gasteiger partial charge in [0, 0.05) is 19.4 Å². The maximum Gasteiger partial charge on any atom is 0.460 e. The highest BCUT2D eigenvalue weighted by Gasteiger charge is 2.86. The van der Waals surface area contributed by atoms with Crippen LogP contribution in [0.5, 0.6) is 0 Å². The van der Waals surface area contributed by atoms with Gasteiger partial charge in [0.05, 0.1) is 0 Å². The molecule has 0 aromatic carbocycles. The van der Waals surface area contributed by atoms with Crippen LogP contribution < -0.4 is 5.32 Å². The fraction of sp³-hybridized carbons (Fsp3) is 0.938. The number of hydrogen-bond donors (Lipinski definition) is 1. The second-order valence-corrected chi connectivity index (χ2v) is 6.54. The molecule has 0 aromatic rings. The molecule has 0 saturated heterocycles. The Bertz CT molecular complexity index is 517. The molecule has 0 spiro atoms. The molecule has 0 fully saturated rings. The van der Waals surface area contributed by atoms with Crippen molar-refractivity contribution < 1.29 is 53.1 Å². The fourth-order valence-electron chi connectivity index (χ4n) is 2.28. The Labute approximate surface area is 160 Å². The highest BCUT2D eigenvalue weighted by atomic mass is 19.4. The molecule has 0 aromatic heterocycles. The first-order valence-corrected chi connectivity index (χ1v) is 8.80. The van der Waals surface area contributed by atoms with Crippen molar-refractivity contribution >= 4 is 5.91 Å². The normalized spacial score (nSPS) is 14.2. The van der Waals surface area contributed by atoms with Crippen molar-refractivity contribution in [2.75, 3.05) is 6.54 Å². The van der Waals surface area contributed by atoms with Crippen LogP contribution in [0.15, 0.2) is 0 Å². The number of carbonyl (C=O) groups is 1. The van der Waals surface area contributed by atoms with Gasteiger partial charge in [-0.05, 0) is 12.8 Å². The van der Waals surface area contributed by atoms with Gasteiger partial charge in [-0.1, -0.05) is 32.6 Å². The van der Waals surface area contributed by atoms with Gasteiger partial charge in [-0.3, -0.25) is 4.79 Å². The monoisotopic (exact) mass is 453 g/mol. The molecule has 1 N–H and O–H groups in total. The molecule has 29 heavy (non-hydrogen) atoms. The highest BCUT2D eigenvalue weighted by Crippen LogP contribution is 2.58. The van der Waals surface area contributed by atoms with E-state index < -0.39 is 55.2 Å². The number of alkyl halides is 11. The predicted octanol–water partition coefficient (Wildman–Crippen LogP) is 6.35. The first-order chi connectivity index (χ1) is 13.0. The van der Waals surface area contributed by atoms with E-state index in [1.54, 1.807) is 0 Å². The van der Waals surface area contributed by atoms with Crippen molar-refractivity contribution in [2.45, 2.75) is 88.2 Å². The average Bonchev–Trinajstić information content (AvgIpc) is 2.57. The van der Waals surface area contributed by atoms with Crippen LogP contribution >= 0.6 is 0 Å². The molecule has 0 heterocycles. The topological polar surface area (TPSA) is 29.1 Å². The first-order valence-electron chi connectivity index (χ1n) is 8.80. The highest BCUT2D eigenvalue weighted by molar-refractivity contribution is 5.75. The molecule has 2 nitrogen and oxygen atoms in total. The third kappa shape index (κ3) is 6.59. The lowest BCUT2D eigenvalue weighted by Crippen LogP contribution is -2.66. The van der Waals surface area contributed by atoms with Crippen molar-refractivity contribution in [3.8, 4) is 0 Å². The number of unbranched alkanes of at least 4 members (excludes halogenated alkanes) is 4. The van der Waals surface area contributed by atoms with Crippen LogP contribution in [0.3, 0.4) is 0 Å². The number of carbonyl (C=O) groups excluding carboxylic acids is 1. The lowest BCUT2D eigenvalue weighted by Gasteiger charge is -2.37. The Balaban J connectivity index is 4.75. The number of halogens is 11. The third-order valence-corrected chi connectivity index (χ3v) is 4.10. The molecular formula is C16H22F11NO. The first kappa shape index (κ1) is 27.7. The zero-order valence-corrected chi connectivity index (χ0v) is 15.4. The summed E-state index contributed by atoms with van der Waals surface area (Å²) in [6.45, 7) is 1.30. The van der Waals surface area contributed by atoms with Gasteiger partial charge in [0.15, 0.2) is 0 Å². The minimum Gasteiger partial charge on any atom is -0.356 e. The van der Waals surface area contributed by atoms with Crippen LogP contribution in [-0.2, 0) is 4.79 Å². The van der Waals surface area contributed by atoms with Gasteiger partial charge in [0.2, 0.25) is 5.91 Å². The van der Waals surface area contributed by atoms with E-state index in [1.807, 2.05) is 6.92 Å². The fourth-order valence-corrected chi connectivity index (χ4v) is 2.28. The standard InChI is InChI=1S/C16H22F11NO/c1-2-3-4-5-6-8-11(29)28-10-7-9-12(17,18)13(19,20)14(21,22)15(23,24)16(25,26)27/h2-10H2,1H3,(H,28,29). The van der Waals surface area contributed by atoms with E-state index in [4.69, 9.17) is 0 Å². The minimum absolute atomic E-state index is 0.00609. The molecule has 0 rings (SSSR count). The average molecular weight is 453 g/mol. The molecule has 174 valence electrons. The Morgan fingerprint density at radius 1 is 0.690 bits per heavy atom. The summed E-state index contributed by atoms with van der Waals surface area (Å²) in [5, 5.41) is 2.06. The smallest absolute Gasteiger partial charge is 0.356 e. The van der Waals surface area contributed by atoms with Gasteiger partial charge in [0.25, 0.3) is 0 Å². The minimum atomic E-state index is -7.39. The van der Waals surface area contributed by atoms with Crippen LogP contribution in [0, 0.1) is 0 Å². The lowest BCUT2D eigenvalue weighted by atomic mass is 9.95. The maximum absolute atomic E-state index is 13.4. The van der Waals surface area contributed by atoms with Gasteiger partial charge in [-0.25, -0.2) is 0 Å². The zero-order chi connectivity index (χ0) is 23.1. The maximum atomic E-state index is 13.4. The van der Waals surface area contributed by atoms with Crippen molar-refractivity contribution in [1.82, 2.24) is 5.32 Å². The summed E-state index contributed by atoms with van der Waals surface area (Å²) in [6, 6.07) is 0. The van der Waals surface area contributed by atoms with Crippen LogP contribution in [0.2, 0.25) is 0 Å². The predicted molar refractivity (Wildman–Crippen MR) is 81.5 cm³/mol. The third-order valence-electron chi connectivity index (χ3n) is 4.10. The Morgan fingerprint density at radius 2 is 1.21 bits per heavy atom. The molecule has 0 atom stereocenters. The molecule has 0 saturated carbocycles. The van der Waals surface area contributed by atoms with Crippen molar-refractivity contribution in [3.63, 3.8) is 0 Å². The Kier molecular flexibility index (Phi) is 9.69. The summed E-state index contributed by atoms with van der Waals surface area (Å²) in [4.78, 5) is 11.4. The molecular weight excluding hydrogens is 431 g/mol. The molecule has 1 amide bonds. The molecule has 0 bridgehead atoms. The summed E-state index contributed by atoms with van der Waals surface area (Å²) in [5.74, 6) is -28.2. The van der Waals surface area contributed by atoms with Crippen LogP contribution in [0.4, 0.5) is 48.3 Å². The van der Waals surface area contributed by atoms with Gasteiger partial charge < -0.3 is 5.32 Å². The summed E-state index contributed by atoms with van der Waals surface area (Å²) in [5.41, 5.74) is 0. The van der Waals surface area contributed by atoms with Crippen LogP contribution in [-0.4, -0.2) is 42.3 Å². The molecule has 13 heteroatoms. The van der Waals surface area contributed by atoms with Crippen LogP contribution in [0.1, 0.15) is 58.3 Å². The second kappa shape index (κ2) is 10.1. The quantitative estimate of drug-likeness (QED) is 0.256. The SMILES string of the molecule is CCCCCCCC(=O)NCCCC(F)(F)C(F)(F)C(F)(F)C(F)(F)C(F)(F)F. The van der Waals surface area contributed by atoms with E-state index in [2.05, 4.69) is 5.32 Å². The summed E-state index contributed by atoms with van der Waals surface area (Å²) >= 11 is 0. The summed E-state index contributed by atoms with van der Waals surface area (Å²) in [7, 11) is 0. The van der Waals surface area contributed by atoms with E-state index >= 15 is 0 Å². The van der Waals surface area contributed by atoms with E-state index in [0.29, 0.717) is 12.8 Å². The zero-order valence-electron chi connectivity index (χ0n) is 15.4. The molecule has 0 aliphatic heterocycles. The second-order valence-electron chi connectivity index (χ2n) is 6.54. The van der Waals surface area contributed by atoms with E-state index in [9.17, 15) is 53.1 Å². The Morgan fingerprint density at radius 3 is 1.69 bits per heavy atom. The van der Waals surface area contributed by atoms with Gasteiger partial charge >= 0.3 is 29.9 Å². The van der Waals surface area contributed by atoms with Gasteiger partial charge in [-0.2, -0.15) is 48.3 Å². The number of hydrogen-bond acceptors (Lipinski definition) is 1. The number of amides is 1. The van der Waals surface area contributed by atoms with Crippen molar-refractivity contribution in [1.29, 1.82) is 0 Å². The molecule has 0 aliphatic rings. The van der Waals surface area contributed by atoms with E-state index in [-0.39, 0.29) is 6.42 Å². The van der Waals surface area contributed by atoms with Crippen LogP contribution in [0.25, 0.3) is 0 Å². The molecule has 0 radical (unpaired) electrons. The summed E-state index contributed by atoms with van der Waals surface area (Å²) in [6.07, 6.45) is -6.39. The molecule has 0 aliphatic carbocycles. The van der Waals surface area contributed by atoms with E-state index in [0.717, 1.165) is 19.3 Å². The summed E-state index contributed by atoms with van der Waals surface area (Å²) < 4.78 is 141. The Hall–Kier alpha value is -1.30. The van der Waals surface area contributed by atoms with Crippen molar-refractivity contribution in [3.05, 3.63) is 0 Å². The largest absolute Gasteiger partial charge is 0.460 e. The number of nitrogens with one attached hydrogen (secondary N) is 1. The van der Waals surface area contributed by atoms with E-state index in [1.165, 1.54) is 0 Å². The molecule has 0 unspecified atom stereocenters. The van der Waals surface area contributed by atoms with Gasteiger partial charge in [-0.15, -0.1) is 0 Å². The lowest BCUT2D eigenvalue weighted by molar-refractivity contribution is -0.422.